The largest absolute Gasteiger partial charge is 0.494 e. The van der Waals surface area contributed by atoms with Crippen molar-refractivity contribution in [3.63, 3.8) is 0 Å². The average Bonchev–Trinajstić information content (AvgIpc) is 2.72. The Hall–Kier alpha value is -1.75. The molecule has 0 aliphatic heterocycles. The molecule has 0 unspecified atom stereocenters. The first-order valence-corrected chi connectivity index (χ1v) is 6.75. The highest BCUT2D eigenvalue weighted by Crippen LogP contribution is 2.29. The van der Waals surface area contributed by atoms with Gasteiger partial charge in [0.1, 0.15) is 11.5 Å². The van der Waals surface area contributed by atoms with Crippen molar-refractivity contribution in [2.24, 2.45) is 0 Å². The Balaban J connectivity index is 2.57. The molecular weight excluding hydrogens is 260 g/mol. The molecule has 1 aromatic heterocycles. The minimum Gasteiger partial charge on any atom is -0.494 e. The van der Waals surface area contributed by atoms with Crippen molar-refractivity contribution in [2.45, 2.75) is 20.8 Å². The molecule has 0 radical (unpaired) electrons. The van der Waals surface area contributed by atoms with Gasteiger partial charge in [-0.15, -0.1) is 0 Å². The molecule has 1 aromatic carbocycles. The van der Waals surface area contributed by atoms with Gasteiger partial charge >= 0.3 is 0 Å². The number of imidazole rings is 1. The van der Waals surface area contributed by atoms with E-state index in [1.807, 2.05) is 49.7 Å². The molecule has 0 fully saturated rings. The number of benzene rings is 1. The van der Waals surface area contributed by atoms with Crippen molar-refractivity contribution < 1.29 is 9.47 Å². The number of ether oxygens (including phenoxy) is 2. The number of nitrogens with one attached hydrogen (secondary N) is 1. The third-order valence-corrected chi connectivity index (χ3v) is 3.04. The smallest absolute Gasteiger partial charge is 0.182 e. The van der Waals surface area contributed by atoms with Gasteiger partial charge in [-0.3, -0.25) is 4.57 Å². The summed E-state index contributed by atoms with van der Waals surface area (Å²) in [5.41, 5.74) is 1.93. The molecule has 0 amide bonds. The highest BCUT2D eigenvalue weighted by atomic mass is 32.1. The molecule has 0 saturated heterocycles. The van der Waals surface area contributed by atoms with Crippen molar-refractivity contribution >= 4 is 12.2 Å². The molecule has 0 aliphatic carbocycles. The van der Waals surface area contributed by atoms with Gasteiger partial charge in [-0.05, 0) is 45.1 Å². The Morgan fingerprint density at radius 2 is 1.95 bits per heavy atom. The fourth-order valence-electron chi connectivity index (χ4n) is 1.96. The maximum absolute atomic E-state index is 5.67. The summed E-state index contributed by atoms with van der Waals surface area (Å²) in [6.07, 6.45) is 1.88. The van der Waals surface area contributed by atoms with Gasteiger partial charge < -0.3 is 14.5 Å². The van der Waals surface area contributed by atoms with Crippen molar-refractivity contribution in [1.29, 1.82) is 0 Å². The third-order valence-electron chi connectivity index (χ3n) is 2.74. The molecule has 0 aliphatic rings. The van der Waals surface area contributed by atoms with Crippen LogP contribution >= 0.6 is 12.2 Å². The van der Waals surface area contributed by atoms with Gasteiger partial charge in [0.05, 0.1) is 18.9 Å². The van der Waals surface area contributed by atoms with Crippen LogP contribution in [0.2, 0.25) is 0 Å². The second kappa shape index (κ2) is 5.93. The summed E-state index contributed by atoms with van der Waals surface area (Å²) in [5.74, 6) is 1.60. The van der Waals surface area contributed by atoms with E-state index in [9.17, 15) is 0 Å². The number of nitrogens with zero attached hydrogens (tertiary/aromatic N) is 1. The second-order valence-corrected chi connectivity index (χ2v) is 4.45. The summed E-state index contributed by atoms with van der Waals surface area (Å²) in [5, 5.41) is 0. The van der Waals surface area contributed by atoms with Crippen molar-refractivity contribution in [3.8, 4) is 17.2 Å². The highest BCUT2D eigenvalue weighted by molar-refractivity contribution is 7.71. The van der Waals surface area contributed by atoms with E-state index < -0.39 is 0 Å². The van der Waals surface area contributed by atoms with Crippen LogP contribution < -0.4 is 9.47 Å². The quantitative estimate of drug-likeness (QED) is 0.849. The zero-order chi connectivity index (χ0) is 13.8. The Morgan fingerprint density at radius 3 is 2.53 bits per heavy atom. The number of aryl methyl sites for hydroxylation is 1. The second-order valence-electron chi connectivity index (χ2n) is 4.07. The van der Waals surface area contributed by atoms with E-state index in [0.717, 1.165) is 22.9 Å². The van der Waals surface area contributed by atoms with Crippen LogP contribution in [-0.4, -0.2) is 22.8 Å². The van der Waals surface area contributed by atoms with Crippen LogP contribution in [-0.2, 0) is 0 Å². The van der Waals surface area contributed by atoms with Crippen LogP contribution in [0.5, 0.6) is 11.5 Å². The minimum atomic E-state index is 0.609. The monoisotopic (exact) mass is 278 g/mol. The number of aromatic amines is 1. The minimum absolute atomic E-state index is 0.609. The first-order chi connectivity index (χ1) is 9.17. The van der Waals surface area contributed by atoms with Gasteiger partial charge in [0.15, 0.2) is 4.77 Å². The normalized spacial score (nSPS) is 10.5. The van der Waals surface area contributed by atoms with Gasteiger partial charge in [-0.1, -0.05) is 0 Å². The topological polar surface area (TPSA) is 39.2 Å². The van der Waals surface area contributed by atoms with E-state index in [-0.39, 0.29) is 0 Å². The first-order valence-electron chi connectivity index (χ1n) is 6.34. The Morgan fingerprint density at radius 1 is 1.21 bits per heavy atom. The fourth-order valence-corrected chi connectivity index (χ4v) is 2.26. The summed E-state index contributed by atoms with van der Waals surface area (Å²) in [4.78, 5) is 3.04. The highest BCUT2D eigenvalue weighted by Gasteiger charge is 2.11. The van der Waals surface area contributed by atoms with Gasteiger partial charge in [0, 0.05) is 18.0 Å². The lowest BCUT2D eigenvalue weighted by Gasteiger charge is -2.14. The molecule has 4 nitrogen and oxygen atoms in total. The number of aromatic nitrogens is 2. The van der Waals surface area contributed by atoms with Crippen LogP contribution in [0, 0.1) is 11.7 Å². The molecule has 1 N–H and O–H groups in total. The predicted molar refractivity (Wildman–Crippen MR) is 78.0 cm³/mol. The van der Waals surface area contributed by atoms with E-state index in [0.29, 0.717) is 18.0 Å². The van der Waals surface area contributed by atoms with Gasteiger partial charge in [-0.25, -0.2) is 0 Å². The third kappa shape index (κ3) is 2.81. The Labute approximate surface area is 118 Å². The molecule has 5 heteroatoms. The summed E-state index contributed by atoms with van der Waals surface area (Å²) in [7, 11) is 0. The molecular formula is C14H18N2O2S. The van der Waals surface area contributed by atoms with Crippen molar-refractivity contribution in [3.05, 3.63) is 34.9 Å². The lowest BCUT2D eigenvalue weighted by atomic mass is 10.2. The van der Waals surface area contributed by atoms with E-state index in [1.165, 1.54) is 0 Å². The van der Waals surface area contributed by atoms with Crippen LogP contribution in [0.25, 0.3) is 5.69 Å². The number of rotatable bonds is 5. The number of hydrogen-bond acceptors (Lipinski definition) is 3. The molecule has 0 bridgehead atoms. The molecule has 102 valence electrons. The Bertz CT molecular complexity index is 616. The van der Waals surface area contributed by atoms with Gasteiger partial charge in [-0.2, -0.15) is 0 Å². The SMILES string of the molecule is CCOc1ccc(OCC)c(-n2c(C)c[nH]c2=S)c1. The molecule has 2 aromatic rings. The Kier molecular flexibility index (Phi) is 4.27. The zero-order valence-electron chi connectivity index (χ0n) is 11.4. The zero-order valence-corrected chi connectivity index (χ0v) is 12.2. The molecule has 0 spiro atoms. The van der Waals surface area contributed by atoms with E-state index in [4.69, 9.17) is 21.7 Å². The maximum atomic E-state index is 5.67. The molecule has 19 heavy (non-hydrogen) atoms. The van der Waals surface area contributed by atoms with Crippen LogP contribution in [0.4, 0.5) is 0 Å². The van der Waals surface area contributed by atoms with Crippen molar-refractivity contribution in [2.75, 3.05) is 13.2 Å². The lowest BCUT2D eigenvalue weighted by molar-refractivity contribution is 0.329. The fraction of sp³-hybridized carbons (Fsp3) is 0.357. The summed E-state index contributed by atoms with van der Waals surface area (Å²) < 4.78 is 13.8. The van der Waals surface area contributed by atoms with E-state index in [1.54, 1.807) is 0 Å². The molecule has 1 heterocycles. The van der Waals surface area contributed by atoms with E-state index >= 15 is 0 Å². The number of H-pyrrole nitrogens is 1. The van der Waals surface area contributed by atoms with E-state index in [2.05, 4.69) is 4.98 Å². The first kappa shape index (κ1) is 13.7. The van der Waals surface area contributed by atoms with Gasteiger partial charge in [0.25, 0.3) is 0 Å². The summed E-state index contributed by atoms with van der Waals surface area (Å²) in [6.45, 7) is 7.16. The van der Waals surface area contributed by atoms with Crippen LogP contribution in [0.3, 0.4) is 0 Å². The average molecular weight is 278 g/mol. The number of hydrogen-bond donors (Lipinski definition) is 1. The molecule has 2 rings (SSSR count). The maximum Gasteiger partial charge on any atom is 0.182 e. The lowest BCUT2D eigenvalue weighted by Crippen LogP contribution is -2.03. The van der Waals surface area contributed by atoms with Crippen LogP contribution in [0.1, 0.15) is 19.5 Å². The van der Waals surface area contributed by atoms with Gasteiger partial charge in [0.2, 0.25) is 0 Å². The van der Waals surface area contributed by atoms with Crippen molar-refractivity contribution in [1.82, 2.24) is 9.55 Å². The predicted octanol–water partition coefficient (Wildman–Crippen LogP) is 3.64. The summed E-state index contributed by atoms with van der Waals surface area (Å²) >= 11 is 5.32. The van der Waals surface area contributed by atoms with Crippen LogP contribution in [0.15, 0.2) is 24.4 Å². The molecule has 0 atom stereocenters. The summed E-state index contributed by atoms with van der Waals surface area (Å²) in [6, 6.07) is 5.77. The molecule has 0 saturated carbocycles. The standard InChI is InChI=1S/C14H18N2O2S/c1-4-17-11-6-7-13(18-5-2)12(8-11)16-10(3)9-15-14(16)19/h6-9H,4-5H2,1-3H3,(H,15,19).